The van der Waals surface area contributed by atoms with E-state index in [0.29, 0.717) is 37.1 Å². The maximum atomic E-state index is 12.7. The highest BCUT2D eigenvalue weighted by Gasteiger charge is 2.35. The fraction of sp³-hybridized carbons (Fsp3) is 0.684. The van der Waals surface area contributed by atoms with Crippen LogP contribution in [0.25, 0.3) is 0 Å². The number of amides is 1. The van der Waals surface area contributed by atoms with Gasteiger partial charge in [-0.3, -0.25) is 4.79 Å². The summed E-state index contributed by atoms with van der Waals surface area (Å²) in [7, 11) is 0. The number of anilines is 1. The molecule has 1 atom stereocenters. The molecule has 0 radical (unpaired) electrons. The summed E-state index contributed by atoms with van der Waals surface area (Å²) in [6.07, 6.45) is 4.11. The molecule has 1 amide bonds. The molecule has 0 saturated heterocycles. The van der Waals surface area contributed by atoms with Gasteiger partial charge in [-0.1, -0.05) is 27.7 Å². The molecule has 1 rings (SSSR count). The van der Waals surface area contributed by atoms with Crippen molar-refractivity contribution < 1.29 is 14.3 Å². The molecule has 0 fully saturated rings. The first-order chi connectivity index (χ1) is 11.3. The lowest BCUT2D eigenvalue weighted by atomic mass is 9.93. The molecule has 24 heavy (non-hydrogen) atoms. The number of carbonyl (C=O) groups excluding carboxylic acids is 1. The van der Waals surface area contributed by atoms with Crippen LogP contribution in [0, 0.1) is 12.8 Å². The number of pyridine rings is 1. The van der Waals surface area contributed by atoms with E-state index in [0.717, 1.165) is 18.4 Å². The molecular formula is C19H32N2O3. The lowest BCUT2D eigenvalue weighted by molar-refractivity contribution is -0.141. The highest BCUT2D eigenvalue weighted by Crippen LogP contribution is 2.25. The highest BCUT2D eigenvalue weighted by molar-refractivity contribution is 5.97. The monoisotopic (exact) mass is 336 g/mol. The topological polar surface area (TPSA) is 60.5 Å². The SMILES string of the molecule is CCCOc1ncc(NC(=O)[C@](C)(CC(C)C)OCCC)cc1C. The van der Waals surface area contributed by atoms with E-state index in [2.05, 4.69) is 31.1 Å². The summed E-state index contributed by atoms with van der Waals surface area (Å²) in [4.78, 5) is 17.0. The van der Waals surface area contributed by atoms with Gasteiger partial charge in [0.25, 0.3) is 5.91 Å². The molecule has 5 nitrogen and oxygen atoms in total. The fourth-order valence-electron chi connectivity index (χ4n) is 2.57. The van der Waals surface area contributed by atoms with Crippen molar-refractivity contribution >= 4 is 11.6 Å². The van der Waals surface area contributed by atoms with Gasteiger partial charge >= 0.3 is 0 Å². The van der Waals surface area contributed by atoms with Crippen molar-refractivity contribution in [2.75, 3.05) is 18.5 Å². The Morgan fingerprint density at radius 3 is 2.50 bits per heavy atom. The average Bonchev–Trinajstić information content (AvgIpc) is 2.51. The largest absolute Gasteiger partial charge is 0.477 e. The standard InChI is InChI=1S/C19H32N2O3/c1-7-9-23-17-15(5)11-16(13-20-17)21-18(22)19(6,12-14(3)4)24-10-8-2/h11,13-14H,7-10,12H2,1-6H3,(H,21,22)/t19-/m0/s1. The smallest absolute Gasteiger partial charge is 0.256 e. The number of aromatic nitrogens is 1. The van der Waals surface area contributed by atoms with Gasteiger partial charge in [0, 0.05) is 12.2 Å². The summed E-state index contributed by atoms with van der Waals surface area (Å²) in [5.74, 6) is 0.845. The van der Waals surface area contributed by atoms with E-state index < -0.39 is 5.60 Å². The summed E-state index contributed by atoms with van der Waals surface area (Å²) in [5.41, 5.74) is 0.729. The zero-order valence-corrected chi connectivity index (χ0v) is 15.9. The van der Waals surface area contributed by atoms with Crippen molar-refractivity contribution in [1.82, 2.24) is 4.98 Å². The van der Waals surface area contributed by atoms with Crippen molar-refractivity contribution in [3.05, 3.63) is 17.8 Å². The molecule has 0 aliphatic rings. The zero-order chi connectivity index (χ0) is 18.2. The average molecular weight is 336 g/mol. The van der Waals surface area contributed by atoms with E-state index >= 15 is 0 Å². The number of aryl methyl sites for hydroxylation is 1. The number of nitrogens with one attached hydrogen (secondary N) is 1. The van der Waals surface area contributed by atoms with Gasteiger partial charge in [-0.05, 0) is 45.1 Å². The number of ether oxygens (including phenoxy) is 2. The molecule has 5 heteroatoms. The van der Waals surface area contributed by atoms with Crippen LogP contribution >= 0.6 is 0 Å². The molecule has 0 aliphatic heterocycles. The molecule has 1 aromatic heterocycles. The van der Waals surface area contributed by atoms with Crippen LogP contribution in [0.1, 0.15) is 59.4 Å². The van der Waals surface area contributed by atoms with Crippen molar-refractivity contribution in [1.29, 1.82) is 0 Å². The second kappa shape index (κ2) is 9.62. The maximum absolute atomic E-state index is 12.7. The predicted octanol–water partition coefficient (Wildman–Crippen LogP) is 4.35. The van der Waals surface area contributed by atoms with E-state index in [1.54, 1.807) is 6.20 Å². The minimum Gasteiger partial charge on any atom is -0.477 e. The minimum atomic E-state index is -0.838. The fourth-order valence-corrected chi connectivity index (χ4v) is 2.57. The summed E-state index contributed by atoms with van der Waals surface area (Å²) < 4.78 is 11.4. The van der Waals surface area contributed by atoms with Crippen molar-refractivity contribution in [3.8, 4) is 5.88 Å². The van der Waals surface area contributed by atoms with Crippen LogP contribution in [0.4, 0.5) is 5.69 Å². The van der Waals surface area contributed by atoms with Gasteiger partial charge in [-0.2, -0.15) is 0 Å². The molecule has 1 N–H and O–H groups in total. The Labute approximate surface area is 146 Å². The molecule has 1 heterocycles. The van der Waals surface area contributed by atoms with Gasteiger partial charge in [0.2, 0.25) is 5.88 Å². The zero-order valence-electron chi connectivity index (χ0n) is 15.9. The molecule has 0 bridgehead atoms. The second-order valence-corrected chi connectivity index (χ2v) is 6.83. The minimum absolute atomic E-state index is 0.131. The second-order valence-electron chi connectivity index (χ2n) is 6.83. The van der Waals surface area contributed by atoms with Crippen LogP contribution < -0.4 is 10.1 Å². The van der Waals surface area contributed by atoms with Gasteiger partial charge in [0.15, 0.2) is 0 Å². The number of nitrogens with zero attached hydrogens (tertiary/aromatic N) is 1. The number of hydrogen-bond acceptors (Lipinski definition) is 4. The molecule has 1 aromatic rings. The van der Waals surface area contributed by atoms with E-state index in [9.17, 15) is 4.79 Å². The van der Waals surface area contributed by atoms with E-state index in [1.165, 1.54) is 0 Å². The van der Waals surface area contributed by atoms with Crippen LogP contribution in [0.5, 0.6) is 5.88 Å². The summed E-state index contributed by atoms with van der Waals surface area (Å²) >= 11 is 0. The quantitative estimate of drug-likeness (QED) is 0.690. The lowest BCUT2D eigenvalue weighted by Gasteiger charge is -2.30. The summed E-state index contributed by atoms with van der Waals surface area (Å²) in [5, 5.41) is 2.94. The highest BCUT2D eigenvalue weighted by atomic mass is 16.5. The van der Waals surface area contributed by atoms with E-state index in [1.807, 2.05) is 26.8 Å². The van der Waals surface area contributed by atoms with E-state index in [4.69, 9.17) is 9.47 Å². The molecule has 0 spiro atoms. The third-order valence-electron chi connectivity index (χ3n) is 3.63. The first kappa shape index (κ1) is 20.4. The summed E-state index contributed by atoms with van der Waals surface area (Å²) in [6.45, 7) is 13.3. The van der Waals surface area contributed by atoms with Crippen molar-refractivity contribution in [2.45, 2.75) is 66.4 Å². The van der Waals surface area contributed by atoms with Gasteiger partial charge in [0.05, 0.1) is 18.5 Å². The van der Waals surface area contributed by atoms with Gasteiger partial charge in [-0.25, -0.2) is 4.98 Å². The number of hydrogen-bond donors (Lipinski definition) is 1. The third kappa shape index (κ3) is 6.11. The Morgan fingerprint density at radius 1 is 1.29 bits per heavy atom. The van der Waals surface area contributed by atoms with Crippen molar-refractivity contribution in [2.24, 2.45) is 5.92 Å². The van der Waals surface area contributed by atoms with Crippen LogP contribution in [-0.2, 0) is 9.53 Å². The first-order valence-corrected chi connectivity index (χ1v) is 8.87. The van der Waals surface area contributed by atoms with Crippen LogP contribution in [-0.4, -0.2) is 29.7 Å². The number of rotatable bonds is 10. The maximum Gasteiger partial charge on any atom is 0.256 e. The first-order valence-electron chi connectivity index (χ1n) is 8.87. The lowest BCUT2D eigenvalue weighted by Crippen LogP contribution is -2.44. The van der Waals surface area contributed by atoms with Gasteiger partial charge in [0.1, 0.15) is 5.60 Å². The normalized spacial score (nSPS) is 13.6. The Hall–Kier alpha value is -1.62. The van der Waals surface area contributed by atoms with Crippen LogP contribution in [0.2, 0.25) is 0 Å². The number of carbonyl (C=O) groups is 1. The van der Waals surface area contributed by atoms with E-state index in [-0.39, 0.29) is 5.91 Å². The molecule has 0 unspecified atom stereocenters. The van der Waals surface area contributed by atoms with Crippen LogP contribution in [0.3, 0.4) is 0 Å². The Kier molecular flexibility index (Phi) is 8.19. The molecule has 0 saturated carbocycles. The third-order valence-corrected chi connectivity index (χ3v) is 3.63. The van der Waals surface area contributed by atoms with Gasteiger partial charge < -0.3 is 14.8 Å². The van der Waals surface area contributed by atoms with Crippen molar-refractivity contribution in [3.63, 3.8) is 0 Å². The Bertz CT molecular complexity index is 531. The molecular weight excluding hydrogens is 304 g/mol. The van der Waals surface area contributed by atoms with Crippen LogP contribution in [0.15, 0.2) is 12.3 Å². The Balaban J connectivity index is 2.84. The Morgan fingerprint density at radius 2 is 1.96 bits per heavy atom. The summed E-state index contributed by atoms with van der Waals surface area (Å²) in [6, 6.07) is 1.88. The molecule has 136 valence electrons. The molecule has 0 aliphatic carbocycles. The van der Waals surface area contributed by atoms with Gasteiger partial charge in [-0.15, -0.1) is 0 Å². The predicted molar refractivity (Wildman–Crippen MR) is 97.5 cm³/mol. The molecule has 0 aromatic carbocycles.